The lowest BCUT2D eigenvalue weighted by Gasteiger charge is -2.43. The van der Waals surface area contributed by atoms with Crippen LogP contribution in [0.3, 0.4) is 0 Å². The Hall–Kier alpha value is -2.04. The Morgan fingerprint density at radius 3 is 2.61 bits per heavy atom. The zero-order valence-electron chi connectivity index (χ0n) is 14.6. The first-order chi connectivity index (χ1) is 10.8. The van der Waals surface area contributed by atoms with E-state index in [1.165, 1.54) is 0 Å². The van der Waals surface area contributed by atoms with E-state index in [1.54, 1.807) is 25.7 Å². The first-order valence-electron chi connectivity index (χ1n) is 8.15. The van der Waals surface area contributed by atoms with Crippen LogP contribution >= 0.6 is 0 Å². The van der Waals surface area contributed by atoms with Crippen LogP contribution in [-0.2, 0) is 14.3 Å². The van der Waals surface area contributed by atoms with Crippen molar-refractivity contribution in [2.75, 3.05) is 16.8 Å². The Bertz CT molecular complexity index is 596. The highest BCUT2D eigenvalue weighted by molar-refractivity contribution is 6.09. The molecule has 0 aromatic heterocycles. The normalized spacial score (nSPS) is 17.7. The molecule has 0 spiro atoms. The lowest BCUT2D eigenvalue weighted by atomic mass is 9.94. The molecule has 5 nitrogen and oxygen atoms in total. The lowest BCUT2D eigenvalue weighted by molar-refractivity contribution is -0.149. The zero-order chi connectivity index (χ0) is 17.2. The number of amides is 1. The van der Waals surface area contributed by atoms with Crippen molar-refractivity contribution in [1.29, 1.82) is 0 Å². The second kappa shape index (κ2) is 6.60. The van der Waals surface area contributed by atoms with Gasteiger partial charge in [-0.25, -0.2) is 4.79 Å². The average Bonchev–Trinajstić information content (AvgIpc) is 2.47. The summed E-state index contributed by atoms with van der Waals surface area (Å²) >= 11 is 0. The maximum Gasteiger partial charge on any atom is 0.331 e. The predicted molar refractivity (Wildman–Crippen MR) is 91.5 cm³/mol. The Kier molecular flexibility index (Phi) is 4.97. The summed E-state index contributed by atoms with van der Waals surface area (Å²) < 4.78 is 5.19. The van der Waals surface area contributed by atoms with Crippen LogP contribution in [0.5, 0.6) is 0 Å². The molecule has 2 rings (SSSR count). The van der Waals surface area contributed by atoms with E-state index in [-0.39, 0.29) is 11.9 Å². The van der Waals surface area contributed by atoms with Crippen molar-refractivity contribution in [3.8, 4) is 0 Å². The van der Waals surface area contributed by atoms with E-state index in [4.69, 9.17) is 4.74 Å². The first-order valence-corrected chi connectivity index (χ1v) is 8.15. The van der Waals surface area contributed by atoms with E-state index < -0.39 is 11.5 Å². The highest BCUT2D eigenvalue weighted by Crippen LogP contribution is 2.37. The molecule has 1 aromatic rings. The van der Waals surface area contributed by atoms with Gasteiger partial charge < -0.3 is 10.1 Å². The first kappa shape index (κ1) is 17.3. The number of carbonyl (C=O) groups excluding carboxylic acids is 2. The molecule has 0 fully saturated rings. The number of carbonyl (C=O) groups is 2. The zero-order valence-corrected chi connectivity index (χ0v) is 14.6. The Morgan fingerprint density at radius 2 is 2.00 bits per heavy atom. The third-order valence-corrected chi connectivity index (χ3v) is 4.03. The Morgan fingerprint density at radius 1 is 1.35 bits per heavy atom. The topological polar surface area (TPSA) is 58.6 Å². The fraction of sp³-hybridized carbons (Fsp3) is 0.556. The molecule has 1 amide bonds. The van der Waals surface area contributed by atoms with Gasteiger partial charge >= 0.3 is 5.97 Å². The number of hydrogen-bond donors (Lipinski definition) is 1. The molecule has 1 heterocycles. The summed E-state index contributed by atoms with van der Waals surface area (Å²) in [7, 11) is 0. The lowest BCUT2D eigenvalue weighted by Crippen LogP contribution is -2.60. The van der Waals surface area contributed by atoms with Gasteiger partial charge in [0.2, 0.25) is 0 Å². The van der Waals surface area contributed by atoms with E-state index in [9.17, 15) is 9.59 Å². The standard InChI is InChI=1S/C18H26N2O3/c1-6-23-17(22)18(4,5)20-15-10-8-7-9-13(15)19-14(16(20)21)11-12(2)3/h7-10,12,14,19H,6,11H2,1-5H3. The minimum atomic E-state index is -1.06. The number of benzene rings is 1. The summed E-state index contributed by atoms with van der Waals surface area (Å²) in [6.07, 6.45) is 0.711. The summed E-state index contributed by atoms with van der Waals surface area (Å²) in [5, 5.41) is 3.31. The molecule has 23 heavy (non-hydrogen) atoms. The Balaban J connectivity index is 2.46. The maximum absolute atomic E-state index is 13.0. The van der Waals surface area contributed by atoms with Crippen LogP contribution < -0.4 is 10.2 Å². The van der Waals surface area contributed by atoms with Crippen LogP contribution in [0.15, 0.2) is 24.3 Å². The third kappa shape index (κ3) is 3.33. The van der Waals surface area contributed by atoms with E-state index >= 15 is 0 Å². The molecule has 126 valence electrons. The van der Waals surface area contributed by atoms with Crippen LogP contribution in [0, 0.1) is 5.92 Å². The molecular weight excluding hydrogens is 292 g/mol. The highest BCUT2D eigenvalue weighted by atomic mass is 16.5. The average molecular weight is 318 g/mol. The van der Waals surface area contributed by atoms with Gasteiger partial charge in [0, 0.05) is 0 Å². The molecule has 0 bridgehead atoms. The van der Waals surface area contributed by atoms with Gasteiger partial charge in [-0.1, -0.05) is 26.0 Å². The largest absolute Gasteiger partial charge is 0.464 e. The summed E-state index contributed by atoms with van der Waals surface area (Å²) in [4.78, 5) is 27.0. The number of anilines is 2. The fourth-order valence-electron chi connectivity index (χ4n) is 2.92. The van der Waals surface area contributed by atoms with Crippen LogP contribution in [-0.4, -0.2) is 30.1 Å². The third-order valence-electron chi connectivity index (χ3n) is 4.03. The summed E-state index contributed by atoms with van der Waals surface area (Å²) in [6, 6.07) is 7.24. The molecule has 0 radical (unpaired) electrons. The molecule has 1 N–H and O–H groups in total. The minimum absolute atomic E-state index is 0.0875. The molecular formula is C18H26N2O3. The number of rotatable bonds is 5. The van der Waals surface area contributed by atoms with Crippen molar-refractivity contribution in [2.24, 2.45) is 5.92 Å². The predicted octanol–water partition coefficient (Wildman–Crippen LogP) is 3.20. The van der Waals surface area contributed by atoms with Crippen LogP contribution in [0.2, 0.25) is 0 Å². The van der Waals surface area contributed by atoms with E-state index in [0.717, 1.165) is 11.4 Å². The van der Waals surface area contributed by atoms with Crippen molar-refractivity contribution in [1.82, 2.24) is 0 Å². The van der Waals surface area contributed by atoms with Crippen molar-refractivity contribution >= 4 is 23.3 Å². The van der Waals surface area contributed by atoms with Gasteiger partial charge in [-0.3, -0.25) is 9.69 Å². The quantitative estimate of drug-likeness (QED) is 0.847. The van der Waals surface area contributed by atoms with Crippen molar-refractivity contribution in [2.45, 2.75) is 52.6 Å². The van der Waals surface area contributed by atoms with Gasteiger partial charge in [-0.2, -0.15) is 0 Å². The number of hydrogen-bond acceptors (Lipinski definition) is 4. The molecule has 1 unspecified atom stereocenters. The van der Waals surface area contributed by atoms with E-state index in [0.29, 0.717) is 18.9 Å². The van der Waals surface area contributed by atoms with Crippen LogP contribution in [0.1, 0.15) is 41.0 Å². The second-order valence-electron chi connectivity index (χ2n) is 6.80. The van der Waals surface area contributed by atoms with Gasteiger partial charge in [0.15, 0.2) is 0 Å². The molecule has 1 aliphatic heterocycles. The van der Waals surface area contributed by atoms with Crippen molar-refractivity contribution in [3.63, 3.8) is 0 Å². The highest BCUT2D eigenvalue weighted by Gasteiger charge is 2.45. The van der Waals surface area contributed by atoms with Crippen molar-refractivity contribution < 1.29 is 14.3 Å². The summed E-state index contributed by atoms with van der Waals surface area (Å²) in [5.41, 5.74) is 0.534. The number of nitrogens with one attached hydrogen (secondary N) is 1. The number of para-hydroxylation sites is 2. The van der Waals surface area contributed by atoms with Crippen LogP contribution in [0.4, 0.5) is 11.4 Å². The minimum Gasteiger partial charge on any atom is -0.464 e. The second-order valence-corrected chi connectivity index (χ2v) is 6.80. The maximum atomic E-state index is 13.0. The SMILES string of the molecule is CCOC(=O)C(C)(C)N1C(=O)C(CC(C)C)Nc2ccccc21. The Labute approximate surface area is 138 Å². The molecule has 1 atom stereocenters. The molecule has 5 heteroatoms. The van der Waals surface area contributed by atoms with Gasteiger partial charge in [-0.05, 0) is 45.2 Å². The monoisotopic (exact) mass is 318 g/mol. The molecule has 0 saturated heterocycles. The molecule has 1 aromatic carbocycles. The van der Waals surface area contributed by atoms with Gasteiger partial charge in [-0.15, -0.1) is 0 Å². The van der Waals surface area contributed by atoms with Gasteiger partial charge in [0.25, 0.3) is 5.91 Å². The van der Waals surface area contributed by atoms with Gasteiger partial charge in [0.05, 0.1) is 18.0 Å². The molecule has 0 aliphatic carbocycles. The summed E-state index contributed by atoms with van der Waals surface area (Å²) in [5.74, 6) is -0.113. The molecule has 1 aliphatic rings. The summed E-state index contributed by atoms with van der Waals surface area (Å²) in [6.45, 7) is 9.68. The number of esters is 1. The fourth-order valence-corrected chi connectivity index (χ4v) is 2.92. The number of fused-ring (bicyclic) bond motifs is 1. The molecule has 0 saturated carbocycles. The van der Waals surface area contributed by atoms with Crippen molar-refractivity contribution in [3.05, 3.63) is 24.3 Å². The smallest absolute Gasteiger partial charge is 0.331 e. The van der Waals surface area contributed by atoms with Crippen LogP contribution in [0.25, 0.3) is 0 Å². The number of ether oxygens (including phenoxy) is 1. The van der Waals surface area contributed by atoms with Gasteiger partial charge in [0.1, 0.15) is 11.6 Å². The van der Waals surface area contributed by atoms with E-state index in [1.807, 2.05) is 24.3 Å². The number of nitrogens with zero attached hydrogens (tertiary/aromatic N) is 1. The van der Waals surface area contributed by atoms with E-state index in [2.05, 4.69) is 19.2 Å².